The number of rotatable bonds is 3. The number of benzene rings is 1. The van der Waals surface area contributed by atoms with Crippen LogP contribution in [-0.4, -0.2) is 7.11 Å². The average Bonchev–Trinajstić information content (AvgIpc) is 2.18. The van der Waals surface area contributed by atoms with Crippen molar-refractivity contribution in [3.8, 4) is 5.75 Å². The maximum atomic E-state index is 8.25. The molecule has 0 saturated heterocycles. The smallest absolute Gasteiger partial charge is 0.119 e. The van der Waals surface area contributed by atoms with E-state index in [1.54, 1.807) is 7.11 Å². The molecule has 68 valence electrons. The quantitative estimate of drug-likeness (QED) is 0.397. The second-order valence-electron chi connectivity index (χ2n) is 2.66. The Morgan fingerprint density at radius 2 is 2.31 bits per heavy atom. The van der Waals surface area contributed by atoms with Crippen LogP contribution in [0.3, 0.4) is 0 Å². The molecule has 0 radical (unpaired) electrons. The van der Waals surface area contributed by atoms with Gasteiger partial charge in [0.15, 0.2) is 0 Å². The van der Waals surface area contributed by atoms with E-state index in [0.717, 1.165) is 11.3 Å². The molecule has 0 bridgehead atoms. The van der Waals surface area contributed by atoms with Gasteiger partial charge in [0.1, 0.15) is 5.75 Å². The van der Waals surface area contributed by atoms with Crippen molar-refractivity contribution in [2.45, 2.75) is 13.0 Å². The summed E-state index contributed by atoms with van der Waals surface area (Å²) in [4.78, 5) is 2.75. The van der Waals surface area contributed by atoms with Crippen LogP contribution in [0.5, 0.6) is 5.75 Å². The third-order valence-electron chi connectivity index (χ3n) is 1.80. The third kappa shape index (κ3) is 2.39. The standard InChI is InChI=1S/C9H11N3O/c1-7(11-12-10)8-4-3-5-9(6-8)13-2/h3-7H,1-2H3/t7-/m0/s1. The summed E-state index contributed by atoms with van der Waals surface area (Å²) in [5.41, 5.74) is 9.21. The molecule has 4 heteroatoms. The molecule has 0 spiro atoms. The SMILES string of the molecule is COc1cccc([C@H](C)N=[N+]=[N-])c1. The number of azide groups is 1. The van der Waals surface area contributed by atoms with Crippen LogP contribution in [0.2, 0.25) is 0 Å². The minimum absolute atomic E-state index is 0.153. The Morgan fingerprint density at radius 1 is 1.54 bits per heavy atom. The van der Waals surface area contributed by atoms with Crippen LogP contribution in [0.25, 0.3) is 10.4 Å². The minimum atomic E-state index is -0.153. The van der Waals surface area contributed by atoms with Gasteiger partial charge >= 0.3 is 0 Å². The number of methoxy groups -OCH3 is 1. The number of hydrogen-bond donors (Lipinski definition) is 0. The van der Waals surface area contributed by atoms with Crippen molar-refractivity contribution in [1.29, 1.82) is 0 Å². The third-order valence-corrected chi connectivity index (χ3v) is 1.80. The fourth-order valence-corrected chi connectivity index (χ4v) is 1.05. The highest BCUT2D eigenvalue weighted by molar-refractivity contribution is 5.30. The number of nitrogens with zero attached hydrogens (tertiary/aromatic N) is 3. The predicted octanol–water partition coefficient (Wildman–Crippen LogP) is 3.07. The first-order valence-corrected chi connectivity index (χ1v) is 3.96. The Bertz CT molecular complexity index is 331. The van der Waals surface area contributed by atoms with Gasteiger partial charge in [-0.15, -0.1) is 0 Å². The van der Waals surface area contributed by atoms with Crippen molar-refractivity contribution in [3.63, 3.8) is 0 Å². The maximum absolute atomic E-state index is 8.25. The van der Waals surface area contributed by atoms with E-state index >= 15 is 0 Å². The van der Waals surface area contributed by atoms with Gasteiger partial charge in [-0.1, -0.05) is 24.2 Å². The topological polar surface area (TPSA) is 58.0 Å². The van der Waals surface area contributed by atoms with Crippen molar-refractivity contribution >= 4 is 0 Å². The lowest BCUT2D eigenvalue weighted by atomic mass is 10.1. The molecule has 0 saturated carbocycles. The lowest BCUT2D eigenvalue weighted by Gasteiger charge is -2.06. The van der Waals surface area contributed by atoms with Crippen LogP contribution in [0.4, 0.5) is 0 Å². The summed E-state index contributed by atoms with van der Waals surface area (Å²) in [7, 11) is 1.61. The van der Waals surface area contributed by atoms with Crippen molar-refractivity contribution in [1.82, 2.24) is 0 Å². The molecule has 1 rings (SSSR count). The summed E-state index contributed by atoms with van der Waals surface area (Å²) in [6.07, 6.45) is 0. The molecule has 13 heavy (non-hydrogen) atoms. The van der Waals surface area contributed by atoms with Crippen LogP contribution in [0.15, 0.2) is 29.4 Å². The van der Waals surface area contributed by atoms with Crippen LogP contribution >= 0.6 is 0 Å². The van der Waals surface area contributed by atoms with E-state index < -0.39 is 0 Å². The van der Waals surface area contributed by atoms with E-state index in [0.29, 0.717) is 0 Å². The van der Waals surface area contributed by atoms with E-state index in [1.807, 2.05) is 31.2 Å². The van der Waals surface area contributed by atoms with Gasteiger partial charge in [0.2, 0.25) is 0 Å². The molecule has 0 aromatic heterocycles. The number of hydrogen-bond acceptors (Lipinski definition) is 2. The zero-order valence-electron chi connectivity index (χ0n) is 7.64. The highest BCUT2D eigenvalue weighted by Crippen LogP contribution is 2.21. The van der Waals surface area contributed by atoms with Gasteiger partial charge in [-0.05, 0) is 23.2 Å². The normalized spacial score (nSPS) is 11.5. The molecule has 4 nitrogen and oxygen atoms in total. The fraction of sp³-hybridized carbons (Fsp3) is 0.333. The summed E-state index contributed by atoms with van der Waals surface area (Å²) < 4.78 is 5.05. The molecule has 0 aliphatic heterocycles. The highest BCUT2D eigenvalue weighted by atomic mass is 16.5. The van der Waals surface area contributed by atoms with Crippen LogP contribution in [0, 0.1) is 0 Å². The van der Waals surface area contributed by atoms with Crippen LogP contribution in [-0.2, 0) is 0 Å². The van der Waals surface area contributed by atoms with E-state index in [2.05, 4.69) is 10.0 Å². The lowest BCUT2D eigenvalue weighted by Crippen LogP contribution is -1.89. The van der Waals surface area contributed by atoms with Crippen molar-refractivity contribution in [3.05, 3.63) is 40.3 Å². The number of ether oxygens (including phenoxy) is 1. The van der Waals surface area contributed by atoms with E-state index in [9.17, 15) is 0 Å². The van der Waals surface area contributed by atoms with Gasteiger partial charge in [0.25, 0.3) is 0 Å². The maximum Gasteiger partial charge on any atom is 0.119 e. The summed E-state index contributed by atoms with van der Waals surface area (Å²) in [5.74, 6) is 0.775. The molecular weight excluding hydrogens is 166 g/mol. The molecule has 0 amide bonds. The minimum Gasteiger partial charge on any atom is -0.497 e. The molecule has 1 aromatic rings. The molecule has 0 heterocycles. The molecular formula is C9H11N3O. The zero-order chi connectivity index (χ0) is 9.68. The van der Waals surface area contributed by atoms with Crippen LogP contribution in [0.1, 0.15) is 18.5 Å². The summed E-state index contributed by atoms with van der Waals surface area (Å²) in [6.45, 7) is 1.84. The van der Waals surface area contributed by atoms with Gasteiger partial charge in [-0.3, -0.25) is 0 Å². The van der Waals surface area contributed by atoms with Crippen LogP contribution < -0.4 is 4.74 Å². The van der Waals surface area contributed by atoms with E-state index in [1.165, 1.54) is 0 Å². The van der Waals surface area contributed by atoms with Crippen molar-refractivity contribution in [2.75, 3.05) is 7.11 Å². The Labute approximate surface area is 76.8 Å². The Kier molecular flexibility index (Phi) is 3.17. The molecule has 1 aromatic carbocycles. The molecule has 1 atom stereocenters. The lowest BCUT2D eigenvalue weighted by molar-refractivity contribution is 0.414. The average molecular weight is 177 g/mol. The van der Waals surface area contributed by atoms with Gasteiger partial charge < -0.3 is 4.74 Å². The molecule has 0 fully saturated rings. The largest absolute Gasteiger partial charge is 0.497 e. The first-order chi connectivity index (χ1) is 6.27. The predicted molar refractivity (Wildman–Crippen MR) is 50.6 cm³/mol. The van der Waals surface area contributed by atoms with Gasteiger partial charge in [-0.25, -0.2) is 0 Å². The van der Waals surface area contributed by atoms with Gasteiger partial charge in [0.05, 0.1) is 13.2 Å². The monoisotopic (exact) mass is 177 g/mol. The van der Waals surface area contributed by atoms with E-state index in [4.69, 9.17) is 10.3 Å². The second kappa shape index (κ2) is 4.38. The van der Waals surface area contributed by atoms with Gasteiger partial charge in [0, 0.05) is 4.91 Å². The summed E-state index contributed by atoms with van der Waals surface area (Å²) >= 11 is 0. The highest BCUT2D eigenvalue weighted by Gasteiger charge is 2.02. The fourth-order valence-electron chi connectivity index (χ4n) is 1.05. The first kappa shape index (κ1) is 9.42. The molecule has 0 unspecified atom stereocenters. The Hall–Kier alpha value is -1.67. The second-order valence-corrected chi connectivity index (χ2v) is 2.66. The van der Waals surface area contributed by atoms with Crippen molar-refractivity contribution < 1.29 is 4.74 Å². The molecule has 0 aliphatic rings. The zero-order valence-corrected chi connectivity index (χ0v) is 7.64. The van der Waals surface area contributed by atoms with Gasteiger partial charge in [-0.2, -0.15) is 0 Å². The molecule has 0 aliphatic carbocycles. The van der Waals surface area contributed by atoms with Crippen molar-refractivity contribution in [2.24, 2.45) is 5.11 Å². The Balaban J connectivity index is 2.94. The van der Waals surface area contributed by atoms with E-state index in [-0.39, 0.29) is 6.04 Å². The summed E-state index contributed by atoms with van der Waals surface area (Å²) in [5, 5.41) is 3.60. The molecule has 0 N–H and O–H groups in total. The first-order valence-electron chi connectivity index (χ1n) is 3.96. The summed E-state index contributed by atoms with van der Waals surface area (Å²) in [6, 6.07) is 7.34. The Morgan fingerprint density at radius 3 is 2.92 bits per heavy atom.